The average Bonchev–Trinajstić information content (AvgIpc) is 3.17. The number of hydrogen-bond acceptors (Lipinski definition) is 4. The molecule has 28 heavy (non-hydrogen) atoms. The highest BCUT2D eigenvalue weighted by molar-refractivity contribution is 5.81. The highest BCUT2D eigenvalue weighted by Gasteiger charge is 2.47. The van der Waals surface area contributed by atoms with E-state index >= 15 is 0 Å². The number of likely N-dealkylation sites (tertiary alicyclic amines) is 1. The molecule has 2 saturated heterocycles. The van der Waals surface area contributed by atoms with E-state index in [0.29, 0.717) is 25.9 Å². The topological polar surface area (TPSA) is 49.3 Å². The first-order valence-electron chi connectivity index (χ1n) is 9.25. The van der Waals surface area contributed by atoms with Crippen LogP contribution in [0.4, 0.5) is 19.0 Å². The summed E-state index contributed by atoms with van der Waals surface area (Å²) in [4.78, 5) is 23.7. The van der Waals surface area contributed by atoms with Gasteiger partial charge in [0, 0.05) is 25.6 Å². The molecule has 2 atom stereocenters. The van der Waals surface area contributed by atoms with Crippen LogP contribution in [-0.4, -0.2) is 39.4 Å². The van der Waals surface area contributed by atoms with Gasteiger partial charge in [0.15, 0.2) is 0 Å². The van der Waals surface area contributed by atoms with Gasteiger partial charge in [0.2, 0.25) is 5.91 Å². The second kappa shape index (κ2) is 6.76. The van der Waals surface area contributed by atoms with Crippen molar-refractivity contribution in [2.45, 2.75) is 51.5 Å². The Balaban J connectivity index is 1.55. The molecule has 1 aromatic carbocycles. The minimum absolute atomic E-state index is 0.0154. The van der Waals surface area contributed by atoms with Gasteiger partial charge in [-0.3, -0.25) is 4.79 Å². The van der Waals surface area contributed by atoms with E-state index in [1.807, 2.05) is 35.8 Å². The van der Waals surface area contributed by atoms with E-state index in [1.54, 1.807) is 0 Å². The first kappa shape index (κ1) is 18.7. The van der Waals surface area contributed by atoms with Crippen LogP contribution in [0.15, 0.2) is 30.6 Å². The largest absolute Gasteiger partial charge is 0.433 e. The smallest absolute Gasteiger partial charge is 0.351 e. The Labute approximate surface area is 161 Å². The molecule has 2 fully saturated rings. The van der Waals surface area contributed by atoms with Crippen LogP contribution in [0.3, 0.4) is 0 Å². The molecule has 2 aliphatic heterocycles. The molecule has 0 bridgehead atoms. The van der Waals surface area contributed by atoms with Crippen molar-refractivity contribution in [1.29, 1.82) is 0 Å². The number of fused-ring (bicyclic) bond motifs is 1. The summed E-state index contributed by atoms with van der Waals surface area (Å²) in [6, 6.07) is 6.95. The second-order valence-electron chi connectivity index (χ2n) is 7.52. The molecule has 1 amide bonds. The molecule has 0 saturated carbocycles. The van der Waals surface area contributed by atoms with E-state index in [4.69, 9.17) is 0 Å². The number of anilines is 1. The Morgan fingerprint density at radius 2 is 1.89 bits per heavy atom. The van der Waals surface area contributed by atoms with Gasteiger partial charge in [0.05, 0.1) is 12.1 Å². The Bertz CT molecular complexity index is 915. The Morgan fingerprint density at radius 3 is 2.61 bits per heavy atom. The molecular weight excluding hydrogens is 369 g/mol. The molecule has 5 nitrogen and oxygen atoms in total. The zero-order valence-corrected chi connectivity index (χ0v) is 15.7. The quantitative estimate of drug-likeness (QED) is 0.805. The Kier molecular flexibility index (Phi) is 4.51. The van der Waals surface area contributed by atoms with Crippen molar-refractivity contribution in [3.05, 3.63) is 53.0 Å². The van der Waals surface area contributed by atoms with Gasteiger partial charge < -0.3 is 9.80 Å². The molecule has 8 heteroatoms. The monoisotopic (exact) mass is 390 g/mol. The maximum Gasteiger partial charge on any atom is 0.433 e. The lowest BCUT2D eigenvalue weighted by Crippen LogP contribution is -2.37. The van der Waals surface area contributed by atoms with Crippen LogP contribution in [-0.2, 0) is 17.5 Å². The number of halogens is 3. The van der Waals surface area contributed by atoms with Crippen LogP contribution in [0, 0.1) is 13.8 Å². The fourth-order valence-electron chi connectivity index (χ4n) is 4.18. The lowest BCUT2D eigenvalue weighted by molar-refractivity contribution is -0.141. The number of carbonyl (C=O) groups is 1. The van der Waals surface area contributed by atoms with Gasteiger partial charge in [-0.2, -0.15) is 13.2 Å². The van der Waals surface area contributed by atoms with E-state index in [2.05, 4.69) is 16.0 Å². The molecule has 0 radical (unpaired) electrons. The number of carbonyl (C=O) groups excluding carboxylic acids is 1. The van der Waals surface area contributed by atoms with Crippen molar-refractivity contribution in [2.24, 2.45) is 0 Å². The van der Waals surface area contributed by atoms with Gasteiger partial charge in [0.25, 0.3) is 0 Å². The fraction of sp³-hybridized carbons (Fsp3) is 0.450. The highest BCUT2D eigenvalue weighted by atomic mass is 19.4. The number of amides is 1. The van der Waals surface area contributed by atoms with Gasteiger partial charge in [-0.15, -0.1) is 0 Å². The molecule has 0 N–H and O–H groups in total. The number of nitrogens with zero attached hydrogens (tertiary/aromatic N) is 4. The summed E-state index contributed by atoms with van der Waals surface area (Å²) in [7, 11) is 0. The van der Waals surface area contributed by atoms with Crippen LogP contribution >= 0.6 is 0 Å². The molecule has 0 aliphatic carbocycles. The number of alkyl halides is 3. The van der Waals surface area contributed by atoms with E-state index < -0.39 is 11.9 Å². The van der Waals surface area contributed by atoms with Gasteiger partial charge in [-0.1, -0.05) is 18.2 Å². The standard InChI is InChI=1S/C20H21F3N4O/c1-12-3-4-14(7-13(12)2)10-27-15-5-6-26(16(15)8-19(27)28)18-9-17(20(21,22)23)24-11-25-18/h3-4,7,9,11,15-16H,5-6,8,10H2,1-2H3/t15-,16-/m0/s1. The van der Waals surface area contributed by atoms with E-state index in [0.717, 1.165) is 18.0 Å². The summed E-state index contributed by atoms with van der Waals surface area (Å²) < 4.78 is 38.9. The Hall–Kier alpha value is -2.64. The number of aromatic nitrogens is 2. The predicted molar refractivity (Wildman–Crippen MR) is 97.7 cm³/mol. The molecule has 1 aromatic heterocycles. The third-order valence-corrected chi connectivity index (χ3v) is 5.78. The molecule has 0 unspecified atom stereocenters. The lowest BCUT2D eigenvalue weighted by atomic mass is 10.1. The molecule has 2 aliphatic rings. The summed E-state index contributed by atoms with van der Waals surface area (Å²) in [5.74, 6) is 0.263. The van der Waals surface area contributed by atoms with Gasteiger partial charge in [-0.05, 0) is 37.0 Å². The molecular formula is C20H21F3N4O. The van der Waals surface area contributed by atoms with Crippen molar-refractivity contribution < 1.29 is 18.0 Å². The fourth-order valence-corrected chi connectivity index (χ4v) is 4.18. The van der Waals surface area contributed by atoms with Crippen molar-refractivity contribution in [3.8, 4) is 0 Å². The summed E-state index contributed by atoms with van der Waals surface area (Å²) in [5.41, 5.74) is 2.48. The molecule has 2 aromatic rings. The average molecular weight is 390 g/mol. The normalized spacial score (nSPS) is 22.1. The number of benzene rings is 1. The van der Waals surface area contributed by atoms with Gasteiger partial charge >= 0.3 is 6.18 Å². The molecule has 3 heterocycles. The van der Waals surface area contributed by atoms with Crippen LogP contribution in [0.2, 0.25) is 0 Å². The van der Waals surface area contributed by atoms with E-state index in [1.165, 1.54) is 11.1 Å². The minimum Gasteiger partial charge on any atom is -0.351 e. The van der Waals surface area contributed by atoms with Crippen LogP contribution in [0.1, 0.15) is 35.2 Å². The highest BCUT2D eigenvalue weighted by Crippen LogP contribution is 2.37. The van der Waals surface area contributed by atoms with Gasteiger partial charge in [0.1, 0.15) is 17.8 Å². The first-order chi connectivity index (χ1) is 13.2. The predicted octanol–water partition coefficient (Wildman–Crippen LogP) is 3.49. The van der Waals surface area contributed by atoms with Crippen molar-refractivity contribution in [3.63, 3.8) is 0 Å². The number of aryl methyl sites for hydroxylation is 2. The summed E-state index contributed by atoms with van der Waals surface area (Å²) in [5, 5.41) is 0. The second-order valence-corrected chi connectivity index (χ2v) is 7.52. The van der Waals surface area contributed by atoms with Crippen molar-refractivity contribution in [2.75, 3.05) is 11.4 Å². The summed E-state index contributed by atoms with van der Waals surface area (Å²) in [6.07, 6.45) is -2.57. The number of rotatable bonds is 3. The number of hydrogen-bond donors (Lipinski definition) is 0. The van der Waals surface area contributed by atoms with E-state index in [9.17, 15) is 18.0 Å². The Morgan fingerprint density at radius 1 is 1.11 bits per heavy atom. The summed E-state index contributed by atoms with van der Waals surface area (Å²) >= 11 is 0. The molecule has 148 valence electrons. The third kappa shape index (κ3) is 3.31. The first-order valence-corrected chi connectivity index (χ1v) is 9.25. The van der Waals surface area contributed by atoms with Gasteiger partial charge in [-0.25, -0.2) is 9.97 Å². The molecule has 0 spiro atoms. The lowest BCUT2D eigenvalue weighted by Gasteiger charge is -2.26. The minimum atomic E-state index is -4.52. The zero-order chi connectivity index (χ0) is 20.1. The van der Waals surface area contributed by atoms with Crippen molar-refractivity contribution in [1.82, 2.24) is 14.9 Å². The van der Waals surface area contributed by atoms with Crippen LogP contribution in [0.25, 0.3) is 0 Å². The van der Waals surface area contributed by atoms with Crippen LogP contribution in [0.5, 0.6) is 0 Å². The molecule has 4 rings (SSSR count). The maximum absolute atomic E-state index is 13.0. The SMILES string of the molecule is Cc1ccc(CN2C(=O)C[C@H]3[C@@H]2CCN3c2cc(C(F)(F)F)ncn2)cc1C. The van der Waals surface area contributed by atoms with Crippen LogP contribution < -0.4 is 4.90 Å². The van der Waals surface area contributed by atoms with Crippen molar-refractivity contribution >= 4 is 11.7 Å². The third-order valence-electron chi connectivity index (χ3n) is 5.78. The maximum atomic E-state index is 13.0. The zero-order valence-electron chi connectivity index (χ0n) is 15.7. The summed E-state index contributed by atoms with van der Waals surface area (Å²) in [6.45, 7) is 5.17. The van der Waals surface area contributed by atoms with E-state index in [-0.39, 0.29) is 23.8 Å².